The summed E-state index contributed by atoms with van der Waals surface area (Å²) in [7, 11) is -1.19. The molecule has 0 spiro atoms. The zero-order valence-electron chi connectivity index (χ0n) is 14.5. The van der Waals surface area contributed by atoms with Gasteiger partial charge in [-0.15, -0.1) is 0 Å². The summed E-state index contributed by atoms with van der Waals surface area (Å²) in [6, 6.07) is 0. The molecule has 0 bridgehead atoms. The van der Waals surface area contributed by atoms with E-state index in [1.165, 1.54) is 17.3 Å². The molecule has 3 aliphatic rings. The summed E-state index contributed by atoms with van der Waals surface area (Å²) in [5.74, 6) is 0. The van der Waals surface area contributed by atoms with Crippen LogP contribution >= 0.6 is 0 Å². The van der Waals surface area contributed by atoms with Crippen molar-refractivity contribution in [3.8, 4) is 0 Å². The normalized spacial score (nSPS) is 16.6. The van der Waals surface area contributed by atoms with Gasteiger partial charge in [-0.2, -0.15) is 0 Å². The van der Waals surface area contributed by atoms with Gasteiger partial charge in [0.05, 0.1) is 5.70 Å². The fraction of sp³-hybridized carbons (Fsp3) is 0.333. The Balaban J connectivity index is 0.000000401. The summed E-state index contributed by atoms with van der Waals surface area (Å²) in [6.45, 7) is 11.5. The molecule has 0 aromatic rings. The number of allylic oxidation sites excluding steroid dienone is 8. The van der Waals surface area contributed by atoms with Crippen molar-refractivity contribution in [1.82, 2.24) is 0 Å². The standard InChI is InChI=1S/C10H13NSi.C5H5.C3H6.2ClH.Zr/c1-12(2,3)10-7-8-5-4-6-9(8)11-10;1-2-4-5-3-1;1-3-2;;;/h4-7H,1-3H3;1-3H,4H2;1-2H3;2*1H;/q;;;;;+2/p-2. The molecule has 2 aliphatic carbocycles. The molecule has 3 rings (SSSR count). The maximum Gasteiger partial charge on any atom is 0.101 e. The molecule has 0 atom stereocenters. The maximum absolute atomic E-state index is 4.61. The number of hydrogen-bond donors (Lipinski definition) is 0. The molecule has 5 heteroatoms. The number of hydrogen-bond acceptors (Lipinski definition) is 1. The molecule has 23 heavy (non-hydrogen) atoms. The van der Waals surface area contributed by atoms with Gasteiger partial charge < -0.3 is 24.8 Å². The van der Waals surface area contributed by atoms with Crippen LogP contribution in [0.3, 0.4) is 0 Å². The second-order valence-electron chi connectivity index (χ2n) is 6.71. The Bertz CT molecular complexity index is 640. The van der Waals surface area contributed by atoms with Gasteiger partial charge in [0.2, 0.25) is 0 Å². The number of halogens is 2. The number of fused-ring (bicyclic) bond motifs is 1. The smallest absolute Gasteiger partial charge is 0.101 e. The van der Waals surface area contributed by atoms with E-state index in [-0.39, 0.29) is 47.6 Å². The molecule has 0 N–H and O–H groups in total. The Morgan fingerprint density at radius 3 is 2.26 bits per heavy atom. The van der Waals surface area contributed by atoms with Crippen molar-refractivity contribution >= 4 is 16.6 Å². The van der Waals surface area contributed by atoms with E-state index in [4.69, 9.17) is 0 Å². The largest absolute Gasteiger partial charge is 1.00 e. The van der Waals surface area contributed by atoms with Crippen LogP contribution in [0.2, 0.25) is 19.6 Å². The van der Waals surface area contributed by atoms with E-state index in [1.807, 2.05) is 0 Å². The molecule has 123 valence electrons. The van der Waals surface area contributed by atoms with Crippen molar-refractivity contribution in [3.63, 3.8) is 0 Å². The van der Waals surface area contributed by atoms with Crippen molar-refractivity contribution < 1.29 is 47.6 Å². The van der Waals surface area contributed by atoms with Gasteiger partial charge in [-0.1, -0.05) is 31.8 Å². The first-order chi connectivity index (χ1) is 9.86. The van der Waals surface area contributed by atoms with Crippen LogP contribution in [0.15, 0.2) is 62.1 Å². The van der Waals surface area contributed by atoms with Crippen molar-refractivity contribution in [2.24, 2.45) is 4.99 Å². The Morgan fingerprint density at radius 2 is 1.78 bits per heavy atom. The van der Waals surface area contributed by atoms with Crippen LogP contribution in [-0.2, 0) is 22.8 Å². The fourth-order valence-electron chi connectivity index (χ4n) is 2.20. The van der Waals surface area contributed by atoms with E-state index in [1.54, 1.807) is 6.49 Å². The van der Waals surface area contributed by atoms with Crippen LogP contribution < -0.4 is 24.8 Å². The zero-order valence-corrected chi connectivity index (χ0v) is 19.4. The van der Waals surface area contributed by atoms with Crippen LogP contribution in [0.25, 0.3) is 0 Å². The van der Waals surface area contributed by atoms with E-state index in [0.29, 0.717) is 0 Å². The summed E-state index contributed by atoms with van der Waals surface area (Å²) < 4.78 is 3.40. The molecular formula is C18H24Cl2NSiZr. The monoisotopic (exact) mass is 442 g/mol. The first-order valence-electron chi connectivity index (χ1n) is 7.49. The van der Waals surface area contributed by atoms with Gasteiger partial charge in [-0.05, 0) is 12.2 Å². The van der Waals surface area contributed by atoms with Crippen LogP contribution in [0, 0.1) is 0 Å². The van der Waals surface area contributed by atoms with Crippen molar-refractivity contribution in [2.75, 3.05) is 0 Å². The molecule has 0 saturated carbocycles. The second kappa shape index (κ2) is 10.0. The summed E-state index contributed by atoms with van der Waals surface area (Å²) in [4.78, 5) is 4.61. The minimum absolute atomic E-state index is 0. The Labute approximate surface area is 165 Å². The molecule has 0 fully saturated rings. The van der Waals surface area contributed by atoms with E-state index in [9.17, 15) is 0 Å². The quantitative estimate of drug-likeness (QED) is 0.476. The van der Waals surface area contributed by atoms with Crippen molar-refractivity contribution in [2.45, 2.75) is 39.9 Å². The summed E-state index contributed by atoms with van der Waals surface area (Å²) in [5, 5.41) is 1.33. The minimum Gasteiger partial charge on any atom is -1.00 e. The molecule has 0 radical (unpaired) electrons. The first kappa shape index (κ1) is 22.9. The van der Waals surface area contributed by atoms with Crippen LogP contribution in [0.1, 0.15) is 20.3 Å². The molecule has 1 aliphatic heterocycles. The summed E-state index contributed by atoms with van der Waals surface area (Å²) >= 11 is -0.220. The van der Waals surface area contributed by atoms with Gasteiger partial charge in [0, 0.05) is 10.9 Å². The zero-order chi connectivity index (χ0) is 15.5. The first-order valence-corrected chi connectivity index (χ1v) is 13.4. The Hall–Kier alpha value is -0.0800. The molecule has 0 aromatic heterocycles. The second-order valence-corrected chi connectivity index (χ2v) is 16.4. The predicted molar refractivity (Wildman–Crippen MR) is 94.3 cm³/mol. The molecule has 0 unspecified atom stereocenters. The van der Waals surface area contributed by atoms with Gasteiger partial charge in [-0.3, -0.25) is 4.99 Å². The number of aliphatic imine (C=N–C) groups is 1. The maximum atomic E-state index is 4.61. The fourth-order valence-corrected chi connectivity index (χ4v) is 5.81. The molecule has 1 nitrogen and oxygen atoms in total. The topological polar surface area (TPSA) is 12.4 Å². The SMILES string of the molecule is C[C](C)=[Zr+2][C]1=CC=CC1.C[Si](C)(C)C1=NC2=CC=CC2=C1.[Cl-].[Cl-]. The van der Waals surface area contributed by atoms with Crippen molar-refractivity contribution in [1.29, 1.82) is 0 Å². The van der Waals surface area contributed by atoms with E-state index < -0.39 is 8.07 Å². The Kier molecular flexibility index (Phi) is 10.00. The third kappa shape index (κ3) is 7.13. The molecule has 0 saturated heterocycles. The van der Waals surface area contributed by atoms with Gasteiger partial charge in [0.15, 0.2) is 0 Å². The minimum atomic E-state index is -1.19. The summed E-state index contributed by atoms with van der Waals surface area (Å²) in [5.41, 5.74) is 2.46. The van der Waals surface area contributed by atoms with Gasteiger partial charge in [0.25, 0.3) is 0 Å². The molecule has 1 heterocycles. The van der Waals surface area contributed by atoms with Crippen molar-refractivity contribution in [3.05, 3.63) is 57.1 Å². The predicted octanol–water partition coefficient (Wildman–Crippen LogP) is -1.17. The summed E-state index contributed by atoms with van der Waals surface area (Å²) in [6.07, 6.45) is 16.5. The van der Waals surface area contributed by atoms with Crippen LogP contribution in [0.4, 0.5) is 0 Å². The molecular weight excluding hydrogens is 420 g/mol. The molecule has 0 amide bonds. The van der Waals surface area contributed by atoms with Crippen LogP contribution in [0.5, 0.6) is 0 Å². The van der Waals surface area contributed by atoms with Crippen LogP contribution in [-0.4, -0.2) is 16.6 Å². The van der Waals surface area contributed by atoms with Gasteiger partial charge in [-0.25, -0.2) is 0 Å². The van der Waals surface area contributed by atoms with Gasteiger partial charge >= 0.3 is 67.7 Å². The number of rotatable bonds is 2. The average molecular weight is 445 g/mol. The number of nitrogens with zero attached hydrogens (tertiary/aromatic N) is 1. The van der Waals surface area contributed by atoms with Gasteiger partial charge in [0.1, 0.15) is 8.07 Å². The third-order valence-electron chi connectivity index (χ3n) is 3.31. The third-order valence-corrected chi connectivity index (χ3v) is 8.03. The van der Waals surface area contributed by atoms with E-state index in [2.05, 4.69) is 81.0 Å². The average Bonchev–Trinajstić information content (AvgIpc) is 3.01. The molecule has 0 aromatic carbocycles. The van der Waals surface area contributed by atoms with E-state index >= 15 is 0 Å². The van der Waals surface area contributed by atoms with E-state index in [0.717, 1.165) is 5.70 Å². The Morgan fingerprint density at radius 1 is 1.09 bits per heavy atom.